The third-order valence-corrected chi connectivity index (χ3v) is 3.73. The molecule has 0 fully saturated rings. The summed E-state index contributed by atoms with van der Waals surface area (Å²) in [6.45, 7) is 1.26. The minimum absolute atomic E-state index is 0.207. The number of hydrogen-bond acceptors (Lipinski definition) is 4. The Morgan fingerprint density at radius 3 is 2.80 bits per heavy atom. The smallest absolute Gasteiger partial charge is 0.348 e. The average molecular weight is 368 g/mol. The minimum atomic E-state index is -1.00. The van der Waals surface area contributed by atoms with Gasteiger partial charge in [0, 0.05) is 6.07 Å². The zero-order chi connectivity index (χ0) is 18.1. The summed E-state index contributed by atoms with van der Waals surface area (Å²) in [5.41, 5.74) is 0.00398. The van der Waals surface area contributed by atoms with Crippen molar-refractivity contribution in [3.05, 3.63) is 63.2 Å². The van der Waals surface area contributed by atoms with Crippen molar-refractivity contribution in [2.24, 2.45) is 0 Å². The zero-order valence-electron chi connectivity index (χ0n) is 12.9. The summed E-state index contributed by atoms with van der Waals surface area (Å²) in [4.78, 5) is 24.2. The quantitative estimate of drug-likeness (QED) is 0.761. The molecule has 10 heteroatoms. The van der Waals surface area contributed by atoms with Gasteiger partial charge in [-0.25, -0.2) is 18.3 Å². The average Bonchev–Trinajstić information content (AvgIpc) is 2.85. The lowest BCUT2D eigenvalue weighted by atomic mass is 10.1. The lowest BCUT2D eigenvalue weighted by molar-refractivity contribution is -0.122. The Labute approximate surface area is 144 Å². The summed E-state index contributed by atoms with van der Waals surface area (Å²) in [5.74, 6) is -2.49. The van der Waals surface area contributed by atoms with E-state index in [9.17, 15) is 18.4 Å². The molecule has 7 nitrogen and oxygen atoms in total. The van der Waals surface area contributed by atoms with Crippen LogP contribution in [0.1, 0.15) is 18.5 Å². The first kappa shape index (κ1) is 17.0. The molecule has 130 valence electrons. The monoisotopic (exact) mass is 367 g/mol. The Balaban J connectivity index is 1.75. The van der Waals surface area contributed by atoms with Crippen molar-refractivity contribution in [2.45, 2.75) is 19.5 Å². The second kappa shape index (κ2) is 6.60. The van der Waals surface area contributed by atoms with Crippen LogP contribution in [0.15, 0.2) is 35.3 Å². The van der Waals surface area contributed by atoms with Gasteiger partial charge in [0.05, 0.1) is 17.3 Å². The predicted molar refractivity (Wildman–Crippen MR) is 85.2 cm³/mol. The molecule has 3 rings (SSSR count). The maximum absolute atomic E-state index is 13.3. The van der Waals surface area contributed by atoms with E-state index in [1.807, 2.05) is 0 Å². The minimum Gasteiger partial charge on any atom is -0.348 e. The summed E-state index contributed by atoms with van der Waals surface area (Å²) in [5, 5.41) is 10.7. The van der Waals surface area contributed by atoms with E-state index < -0.39 is 29.3 Å². The first-order chi connectivity index (χ1) is 11.8. The van der Waals surface area contributed by atoms with E-state index in [4.69, 9.17) is 11.6 Å². The molecule has 0 saturated heterocycles. The Hall–Kier alpha value is -2.81. The van der Waals surface area contributed by atoms with E-state index in [1.54, 1.807) is 6.92 Å². The van der Waals surface area contributed by atoms with Gasteiger partial charge in [-0.3, -0.25) is 4.79 Å². The van der Waals surface area contributed by atoms with Crippen LogP contribution in [0.4, 0.5) is 8.78 Å². The molecule has 0 unspecified atom stereocenters. The van der Waals surface area contributed by atoms with Gasteiger partial charge >= 0.3 is 5.69 Å². The molecule has 1 atom stereocenters. The number of nitrogens with one attached hydrogen (secondary N) is 1. The summed E-state index contributed by atoms with van der Waals surface area (Å²) >= 11 is 5.78. The molecule has 1 N–H and O–H groups in total. The van der Waals surface area contributed by atoms with Gasteiger partial charge in [0.15, 0.2) is 17.3 Å². The summed E-state index contributed by atoms with van der Waals surface area (Å²) in [7, 11) is 0. The predicted octanol–water partition coefficient (Wildman–Crippen LogP) is 1.70. The summed E-state index contributed by atoms with van der Waals surface area (Å²) < 4.78 is 28.2. The molecule has 0 saturated carbocycles. The van der Waals surface area contributed by atoms with Crippen LogP contribution in [-0.2, 0) is 11.3 Å². The standard InChI is InChI=1S/C15H12ClF2N5O2/c1-8(9-2-3-11(17)12(18)4-9)20-14(24)7-22-15(25)23-13(21-22)5-10(16)6-19-23/h2-6,8H,7H2,1H3,(H,20,24)/t8-/m0/s1. The number of rotatable bonds is 4. The van der Waals surface area contributed by atoms with Crippen LogP contribution in [0.25, 0.3) is 5.65 Å². The van der Waals surface area contributed by atoms with Crippen molar-refractivity contribution in [3.8, 4) is 0 Å². The number of aromatic nitrogens is 4. The van der Waals surface area contributed by atoms with Gasteiger partial charge in [-0.2, -0.15) is 9.61 Å². The van der Waals surface area contributed by atoms with Gasteiger partial charge < -0.3 is 5.32 Å². The van der Waals surface area contributed by atoms with Crippen molar-refractivity contribution in [2.75, 3.05) is 0 Å². The Morgan fingerprint density at radius 2 is 2.08 bits per heavy atom. The second-order valence-corrected chi connectivity index (χ2v) is 5.78. The molecule has 0 spiro atoms. The van der Waals surface area contributed by atoms with Crippen LogP contribution in [0.2, 0.25) is 5.02 Å². The Bertz CT molecular complexity index is 1020. The lowest BCUT2D eigenvalue weighted by Crippen LogP contribution is -2.34. The normalized spacial score (nSPS) is 12.3. The second-order valence-electron chi connectivity index (χ2n) is 5.35. The van der Waals surface area contributed by atoms with Crippen molar-refractivity contribution >= 4 is 23.2 Å². The van der Waals surface area contributed by atoms with E-state index in [1.165, 1.54) is 18.3 Å². The molecule has 25 heavy (non-hydrogen) atoms. The van der Waals surface area contributed by atoms with Crippen molar-refractivity contribution in [3.63, 3.8) is 0 Å². The van der Waals surface area contributed by atoms with Crippen molar-refractivity contribution in [1.82, 2.24) is 24.7 Å². The number of carbonyl (C=O) groups excluding carboxylic acids is 1. The molecular formula is C15H12ClF2N5O2. The Kier molecular flexibility index (Phi) is 4.49. The van der Waals surface area contributed by atoms with Crippen LogP contribution in [0.3, 0.4) is 0 Å². The van der Waals surface area contributed by atoms with Crippen molar-refractivity contribution < 1.29 is 13.6 Å². The topological polar surface area (TPSA) is 81.3 Å². The number of fused-ring (bicyclic) bond motifs is 1. The molecule has 0 bridgehead atoms. The summed E-state index contributed by atoms with van der Waals surface area (Å²) in [6, 6.07) is 4.21. The zero-order valence-corrected chi connectivity index (χ0v) is 13.7. The maximum atomic E-state index is 13.3. The van der Waals surface area contributed by atoms with Crippen LogP contribution < -0.4 is 11.0 Å². The molecule has 3 aromatic rings. The molecule has 0 aliphatic heterocycles. The van der Waals surface area contributed by atoms with Crippen LogP contribution in [0, 0.1) is 11.6 Å². The molecule has 1 aromatic carbocycles. The highest BCUT2D eigenvalue weighted by Crippen LogP contribution is 2.15. The highest BCUT2D eigenvalue weighted by atomic mass is 35.5. The highest BCUT2D eigenvalue weighted by molar-refractivity contribution is 6.30. The number of carbonyl (C=O) groups is 1. The van der Waals surface area contributed by atoms with Crippen LogP contribution >= 0.6 is 11.6 Å². The largest absolute Gasteiger partial charge is 0.367 e. The fourth-order valence-corrected chi connectivity index (χ4v) is 2.42. The van der Waals surface area contributed by atoms with Gasteiger partial charge in [0.1, 0.15) is 6.54 Å². The Morgan fingerprint density at radius 1 is 1.32 bits per heavy atom. The molecule has 1 amide bonds. The number of benzene rings is 1. The molecular weight excluding hydrogens is 356 g/mol. The van der Waals surface area contributed by atoms with Gasteiger partial charge in [-0.1, -0.05) is 17.7 Å². The van der Waals surface area contributed by atoms with Gasteiger partial charge in [-0.15, -0.1) is 5.10 Å². The number of amides is 1. The summed E-state index contributed by atoms with van der Waals surface area (Å²) in [6.07, 6.45) is 1.28. The van der Waals surface area contributed by atoms with E-state index in [0.29, 0.717) is 10.6 Å². The van der Waals surface area contributed by atoms with E-state index in [-0.39, 0.29) is 12.2 Å². The van der Waals surface area contributed by atoms with Crippen LogP contribution in [-0.4, -0.2) is 25.3 Å². The van der Waals surface area contributed by atoms with Gasteiger partial charge in [0.2, 0.25) is 5.91 Å². The van der Waals surface area contributed by atoms with E-state index >= 15 is 0 Å². The first-order valence-corrected chi connectivity index (χ1v) is 7.58. The number of halogens is 3. The van der Waals surface area contributed by atoms with E-state index in [0.717, 1.165) is 21.3 Å². The van der Waals surface area contributed by atoms with Gasteiger partial charge in [-0.05, 0) is 24.6 Å². The molecule has 2 aromatic heterocycles. The van der Waals surface area contributed by atoms with E-state index in [2.05, 4.69) is 15.5 Å². The number of hydrogen-bond donors (Lipinski definition) is 1. The molecule has 0 radical (unpaired) electrons. The third kappa shape index (κ3) is 3.50. The van der Waals surface area contributed by atoms with Crippen molar-refractivity contribution in [1.29, 1.82) is 0 Å². The molecule has 2 heterocycles. The first-order valence-electron chi connectivity index (χ1n) is 7.21. The SMILES string of the molecule is C[C@H](NC(=O)Cn1nc2cc(Cl)cnn2c1=O)c1ccc(F)c(F)c1. The molecule has 0 aliphatic carbocycles. The van der Waals surface area contributed by atoms with Crippen LogP contribution in [0.5, 0.6) is 0 Å². The highest BCUT2D eigenvalue weighted by Gasteiger charge is 2.15. The lowest BCUT2D eigenvalue weighted by Gasteiger charge is -2.14. The van der Waals surface area contributed by atoms with Gasteiger partial charge in [0.25, 0.3) is 0 Å². The number of nitrogens with zero attached hydrogens (tertiary/aromatic N) is 4. The molecule has 0 aliphatic rings. The fraction of sp³-hybridized carbons (Fsp3) is 0.200. The third-order valence-electron chi connectivity index (χ3n) is 3.52. The fourth-order valence-electron chi connectivity index (χ4n) is 2.28. The maximum Gasteiger partial charge on any atom is 0.367 e.